The van der Waals surface area contributed by atoms with Gasteiger partial charge in [-0.05, 0) is 17.7 Å². The van der Waals surface area contributed by atoms with E-state index in [4.69, 9.17) is 0 Å². The Hall–Kier alpha value is -2.91. The molecule has 1 aromatic heterocycles. The number of carbonyl (C=O) groups excluding carboxylic acids is 2. The van der Waals surface area contributed by atoms with Gasteiger partial charge >= 0.3 is 12.1 Å². The molecule has 25 heavy (non-hydrogen) atoms. The minimum absolute atomic E-state index is 0.0548. The van der Waals surface area contributed by atoms with Crippen molar-refractivity contribution in [2.24, 2.45) is 0 Å². The van der Waals surface area contributed by atoms with Crippen LogP contribution in [0.5, 0.6) is 0 Å². The van der Waals surface area contributed by atoms with E-state index in [1.54, 1.807) is 0 Å². The second-order valence-electron chi connectivity index (χ2n) is 5.39. The highest BCUT2D eigenvalue weighted by molar-refractivity contribution is 6.21. The fourth-order valence-electron chi connectivity index (χ4n) is 2.30. The van der Waals surface area contributed by atoms with Crippen LogP contribution in [-0.2, 0) is 11.0 Å². The summed E-state index contributed by atoms with van der Waals surface area (Å²) in [5.74, 6) is -7.46. The molecular formula is C15H8F5N3O2. The highest BCUT2D eigenvalue weighted by Gasteiger charge is 2.38. The van der Waals surface area contributed by atoms with Crippen LogP contribution in [-0.4, -0.2) is 27.6 Å². The van der Waals surface area contributed by atoms with E-state index in [9.17, 15) is 31.5 Å². The molecule has 1 N–H and O–H groups in total. The van der Waals surface area contributed by atoms with Crippen LogP contribution in [0.15, 0.2) is 24.4 Å². The number of amides is 1. The van der Waals surface area contributed by atoms with Crippen molar-refractivity contribution in [3.63, 3.8) is 0 Å². The molecule has 0 radical (unpaired) electrons. The first kappa shape index (κ1) is 16.9. The highest BCUT2D eigenvalue weighted by atomic mass is 19.4. The van der Waals surface area contributed by atoms with Crippen molar-refractivity contribution in [1.29, 1.82) is 0 Å². The van der Waals surface area contributed by atoms with E-state index in [1.807, 2.05) is 5.32 Å². The Morgan fingerprint density at radius 2 is 1.76 bits per heavy atom. The number of benzene rings is 1. The van der Waals surface area contributed by atoms with Crippen molar-refractivity contribution in [1.82, 2.24) is 9.97 Å². The molecule has 1 aromatic carbocycles. The van der Waals surface area contributed by atoms with Gasteiger partial charge in [0.05, 0.1) is 0 Å². The van der Waals surface area contributed by atoms with Gasteiger partial charge in [0.1, 0.15) is 5.69 Å². The minimum atomic E-state index is -4.81. The molecular weight excluding hydrogens is 349 g/mol. The molecule has 0 fully saturated rings. The second kappa shape index (κ2) is 5.30. The molecule has 0 saturated heterocycles. The molecule has 3 rings (SSSR count). The largest absolute Gasteiger partial charge is 0.451 e. The Labute approximate surface area is 136 Å². The van der Waals surface area contributed by atoms with Gasteiger partial charge in [-0.1, -0.05) is 6.07 Å². The number of aromatic nitrogens is 2. The second-order valence-corrected chi connectivity index (χ2v) is 5.39. The van der Waals surface area contributed by atoms with E-state index in [2.05, 4.69) is 9.97 Å². The normalized spacial score (nSPS) is 13.4. The van der Waals surface area contributed by atoms with Gasteiger partial charge in [-0.25, -0.2) is 9.97 Å². The van der Waals surface area contributed by atoms with Gasteiger partial charge in [-0.15, -0.1) is 0 Å². The molecule has 0 spiro atoms. The molecule has 5 nitrogen and oxygen atoms in total. The molecule has 1 aliphatic carbocycles. The monoisotopic (exact) mass is 357 g/mol. The maximum absolute atomic E-state index is 12.9. The Bertz CT molecular complexity index is 903. The van der Waals surface area contributed by atoms with Crippen LogP contribution < -0.4 is 5.32 Å². The summed E-state index contributed by atoms with van der Waals surface area (Å²) >= 11 is 0. The van der Waals surface area contributed by atoms with E-state index >= 15 is 0 Å². The fourth-order valence-corrected chi connectivity index (χ4v) is 2.30. The number of halogens is 5. The van der Waals surface area contributed by atoms with Crippen LogP contribution in [0.2, 0.25) is 0 Å². The van der Waals surface area contributed by atoms with Gasteiger partial charge in [0.15, 0.2) is 0 Å². The summed E-state index contributed by atoms with van der Waals surface area (Å²) in [7, 11) is 0. The predicted octanol–water partition coefficient (Wildman–Crippen LogP) is 3.30. The number of carbonyl (C=O) groups is 2. The topological polar surface area (TPSA) is 72.0 Å². The molecule has 2 aromatic rings. The number of alkyl halides is 5. The predicted molar refractivity (Wildman–Crippen MR) is 75.2 cm³/mol. The Kier molecular flexibility index (Phi) is 3.59. The number of rotatable bonds is 2. The number of hydrogen-bond donors (Lipinski definition) is 1. The summed E-state index contributed by atoms with van der Waals surface area (Å²) in [5.41, 5.74) is -0.209. The third-order valence-electron chi connectivity index (χ3n) is 3.47. The van der Waals surface area contributed by atoms with Gasteiger partial charge < -0.3 is 5.32 Å². The zero-order chi connectivity index (χ0) is 18.6. The van der Waals surface area contributed by atoms with Gasteiger partial charge in [-0.3, -0.25) is 9.59 Å². The molecule has 1 amide bonds. The lowest BCUT2D eigenvalue weighted by molar-refractivity contribution is -0.145. The maximum Gasteiger partial charge on any atom is 0.451 e. The molecule has 130 valence electrons. The summed E-state index contributed by atoms with van der Waals surface area (Å²) in [5, 5.41) is 1.94. The molecule has 0 unspecified atom stereocenters. The molecule has 1 heterocycles. The van der Waals surface area contributed by atoms with E-state index in [1.165, 1.54) is 12.1 Å². The van der Waals surface area contributed by atoms with Gasteiger partial charge in [0.25, 0.3) is 5.91 Å². The SMILES string of the molecule is CC(F)(F)C(=O)Nc1ccc2c(c1)C(=O)c1nc(C(F)(F)F)ncc1-2. The van der Waals surface area contributed by atoms with Crippen molar-refractivity contribution >= 4 is 17.4 Å². The maximum atomic E-state index is 12.9. The lowest BCUT2D eigenvalue weighted by atomic mass is 10.1. The average molecular weight is 357 g/mol. The summed E-state index contributed by atoms with van der Waals surface area (Å²) in [4.78, 5) is 30.0. The zero-order valence-electron chi connectivity index (χ0n) is 12.4. The Morgan fingerprint density at radius 1 is 1.08 bits per heavy atom. The van der Waals surface area contributed by atoms with Crippen LogP contribution >= 0.6 is 0 Å². The summed E-state index contributed by atoms with van der Waals surface area (Å²) < 4.78 is 63.9. The number of nitrogens with zero attached hydrogens (tertiary/aromatic N) is 2. The summed E-state index contributed by atoms with van der Waals surface area (Å²) in [6.45, 7) is 0.408. The van der Waals surface area contributed by atoms with Crippen molar-refractivity contribution in [2.45, 2.75) is 19.0 Å². The number of hydrogen-bond acceptors (Lipinski definition) is 4. The van der Waals surface area contributed by atoms with Crippen molar-refractivity contribution in [3.05, 3.63) is 41.5 Å². The van der Waals surface area contributed by atoms with Crippen LogP contribution in [0.4, 0.5) is 27.6 Å². The third-order valence-corrected chi connectivity index (χ3v) is 3.47. The van der Waals surface area contributed by atoms with Crippen LogP contribution in [0, 0.1) is 0 Å². The van der Waals surface area contributed by atoms with E-state index in [0.717, 1.165) is 12.3 Å². The van der Waals surface area contributed by atoms with Crippen molar-refractivity contribution in [3.8, 4) is 11.1 Å². The first-order chi connectivity index (χ1) is 11.5. The van der Waals surface area contributed by atoms with E-state index < -0.39 is 35.3 Å². The summed E-state index contributed by atoms with van der Waals surface area (Å²) in [6, 6.07) is 3.68. The minimum Gasteiger partial charge on any atom is -0.321 e. The van der Waals surface area contributed by atoms with Gasteiger partial charge in [0, 0.05) is 29.9 Å². The molecule has 1 aliphatic rings. The first-order valence-electron chi connectivity index (χ1n) is 6.81. The zero-order valence-corrected chi connectivity index (χ0v) is 12.4. The number of ketones is 1. The number of anilines is 1. The molecule has 10 heteroatoms. The fraction of sp³-hybridized carbons (Fsp3) is 0.200. The highest BCUT2D eigenvalue weighted by Crippen LogP contribution is 2.38. The molecule has 0 saturated carbocycles. The third kappa shape index (κ3) is 2.94. The molecule has 0 atom stereocenters. The van der Waals surface area contributed by atoms with Gasteiger partial charge in [-0.2, -0.15) is 22.0 Å². The van der Waals surface area contributed by atoms with Crippen molar-refractivity contribution < 1.29 is 31.5 Å². The number of nitrogens with one attached hydrogen (secondary N) is 1. The Balaban J connectivity index is 1.99. The quantitative estimate of drug-likeness (QED) is 0.715. The van der Waals surface area contributed by atoms with Crippen LogP contribution in [0.25, 0.3) is 11.1 Å². The van der Waals surface area contributed by atoms with E-state index in [-0.39, 0.29) is 22.4 Å². The Morgan fingerprint density at radius 3 is 2.36 bits per heavy atom. The van der Waals surface area contributed by atoms with Gasteiger partial charge in [0.2, 0.25) is 11.6 Å². The standard InChI is InChI=1S/C15H8F5N3O2/c1-14(16,17)13(25)22-6-2-3-7-8(4-6)11(24)10-9(7)5-21-12(23-10)15(18,19)20/h2-5H,1H3,(H,22,25). The summed E-state index contributed by atoms with van der Waals surface area (Å²) in [6.07, 6.45) is -3.93. The first-order valence-corrected chi connectivity index (χ1v) is 6.81. The molecule has 0 aliphatic heterocycles. The molecule has 0 bridgehead atoms. The van der Waals surface area contributed by atoms with Crippen LogP contribution in [0.1, 0.15) is 28.8 Å². The van der Waals surface area contributed by atoms with Crippen molar-refractivity contribution in [2.75, 3.05) is 5.32 Å². The number of fused-ring (bicyclic) bond motifs is 3. The lowest BCUT2D eigenvalue weighted by Crippen LogP contribution is -2.31. The lowest BCUT2D eigenvalue weighted by Gasteiger charge is -2.11. The van der Waals surface area contributed by atoms with E-state index in [0.29, 0.717) is 6.92 Å². The smallest absolute Gasteiger partial charge is 0.321 e. The van der Waals surface area contributed by atoms with Crippen LogP contribution in [0.3, 0.4) is 0 Å². The average Bonchev–Trinajstić information content (AvgIpc) is 2.78.